The number of amides is 2. The Morgan fingerprint density at radius 1 is 1.00 bits per heavy atom. The summed E-state index contributed by atoms with van der Waals surface area (Å²) in [5, 5.41) is 2.98. The number of hydrogen-bond donors (Lipinski definition) is 1. The van der Waals surface area contributed by atoms with Crippen molar-refractivity contribution < 1.29 is 9.59 Å². The molecule has 0 radical (unpaired) electrons. The van der Waals surface area contributed by atoms with Gasteiger partial charge in [-0.1, -0.05) is 19.3 Å². The van der Waals surface area contributed by atoms with Gasteiger partial charge in [-0.05, 0) is 31.6 Å². The van der Waals surface area contributed by atoms with Crippen molar-refractivity contribution in [1.82, 2.24) is 10.2 Å². The third-order valence-corrected chi connectivity index (χ3v) is 4.55. The van der Waals surface area contributed by atoms with Gasteiger partial charge in [0.25, 0.3) is 0 Å². The maximum Gasteiger partial charge on any atom is 0.245 e. The molecule has 1 unspecified atom stereocenters. The summed E-state index contributed by atoms with van der Waals surface area (Å²) in [5.41, 5.74) is 0. The van der Waals surface area contributed by atoms with Crippen molar-refractivity contribution in [2.24, 2.45) is 5.92 Å². The molecule has 3 rings (SSSR count). The second-order valence-corrected chi connectivity index (χ2v) is 5.96. The minimum Gasteiger partial charge on any atom is -0.344 e. The molecule has 2 amide bonds. The molecule has 1 atom stereocenters. The zero-order valence-electron chi connectivity index (χ0n) is 10.9. The van der Waals surface area contributed by atoms with Crippen molar-refractivity contribution in [3.8, 4) is 0 Å². The van der Waals surface area contributed by atoms with Crippen LogP contribution in [-0.2, 0) is 9.59 Å². The molecule has 1 aliphatic heterocycles. The molecule has 2 saturated carbocycles. The Hall–Kier alpha value is -1.06. The first-order chi connectivity index (χ1) is 8.75. The van der Waals surface area contributed by atoms with Crippen LogP contribution in [0.25, 0.3) is 0 Å². The van der Waals surface area contributed by atoms with Gasteiger partial charge in [-0.2, -0.15) is 0 Å². The Labute approximate surface area is 108 Å². The van der Waals surface area contributed by atoms with E-state index < -0.39 is 0 Å². The van der Waals surface area contributed by atoms with E-state index in [0.29, 0.717) is 24.9 Å². The van der Waals surface area contributed by atoms with E-state index in [2.05, 4.69) is 5.32 Å². The molecule has 2 aliphatic carbocycles. The number of hydrogen-bond acceptors (Lipinski definition) is 2. The molecular formula is C14H22N2O2. The lowest BCUT2D eigenvalue weighted by atomic mass is 9.83. The first-order valence-electron chi connectivity index (χ1n) is 7.35. The van der Waals surface area contributed by atoms with Crippen LogP contribution in [0, 0.1) is 5.92 Å². The van der Waals surface area contributed by atoms with Crippen LogP contribution >= 0.6 is 0 Å². The van der Waals surface area contributed by atoms with Gasteiger partial charge in [0.15, 0.2) is 0 Å². The fourth-order valence-corrected chi connectivity index (χ4v) is 3.35. The summed E-state index contributed by atoms with van der Waals surface area (Å²) in [4.78, 5) is 26.3. The Balaban J connectivity index is 1.75. The fraction of sp³-hybridized carbons (Fsp3) is 0.857. The van der Waals surface area contributed by atoms with Crippen molar-refractivity contribution in [3.05, 3.63) is 0 Å². The number of rotatable bonds is 2. The highest BCUT2D eigenvalue weighted by atomic mass is 16.2. The summed E-state index contributed by atoms with van der Waals surface area (Å²) in [7, 11) is 0. The molecule has 0 spiro atoms. The van der Waals surface area contributed by atoms with Crippen molar-refractivity contribution in [1.29, 1.82) is 0 Å². The summed E-state index contributed by atoms with van der Waals surface area (Å²) in [6.45, 7) is 0.624. The average Bonchev–Trinajstić information content (AvgIpc) is 3.21. The maximum absolute atomic E-state index is 12.6. The van der Waals surface area contributed by atoms with Crippen molar-refractivity contribution in [2.75, 3.05) is 6.54 Å². The monoisotopic (exact) mass is 250 g/mol. The van der Waals surface area contributed by atoms with Crippen LogP contribution in [0.15, 0.2) is 0 Å². The van der Waals surface area contributed by atoms with Gasteiger partial charge in [0, 0.05) is 19.0 Å². The van der Waals surface area contributed by atoms with Gasteiger partial charge >= 0.3 is 0 Å². The molecular weight excluding hydrogens is 228 g/mol. The highest BCUT2D eigenvalue weighted by Crippen LogP contribution is 2.32. The molecule has 0 bridgehead atoms. The Morgan fingerprint density at radius 2 is 1.72 bits per heavy atom. The summed E-state index contributed by atoms with van der Waals surface area (Å²) in [6.07, 6.45) is 8.59. The van der Waals surface area contributed by atoms with Crippen LogP contribution < -0.4 is 5.32 Å². The number of nitrogens with zero attached hydrogens (tertiary/aromatic N) is 1. The standard InChI is InChI=1S/C14H22N2O2/c17-12-8-9-16(11-6-7-11)14(18)13(15-12)10-4-2-1-3-5-10/h10-11,13H,1-9H2,(H,15,17). The smallest absolute Gasteiger partial charge is 0.245 e. The SMILES string of the molecule is O=C1CCN(C2CC2)C(=O)C(C2CCCCC2)N1. The van der Waals surface area contributed by atoms with E-state index in [1.54, 1.807) is 0 Å². The lowest BCUT2D eigenvalue weighted by Gasteiger charge is -2.31. The number of carbonyl (C=O) groups is 2. The Morgan fingerprint density at radius 3 is 2.39 bits per heavy atom. The van der Waals surface area contributed by atoms with E-state index in [1.807, 2.05) is 4.90 Å². The second kappa shape index (κ2) is 4.90. The normalized spacial score (nSPS) is 31.1. The topological polar surface area (TPSA) is 49.4 Å². The van der Waals surface area contributed by atoms with E-state index >= 15 is 0 Å². The third kappa shape index (κ3) is 2.38. The van der Waals surface area contributed by atoms with Gasteiger partial charge in [-0.3, -0.25) is 9.59 Å². The second-order valence-electron chi connectivity index (χ2n) is 5.96. The molecule has 18 heavy (non-hydrogen) atoms. The van der Waals surface area contributed by atoms with Gasteiger partial charge < -0.3 is 10.2 Å². The van der Waals surface area contributed by atoms with Crippen LogP contribution in [-0.4, -0.2) is 35.3 Å². The molecule has 3 fully saturated rings. The van der Waals surface area contributed by atoms with E-state index in [1.165, 1.54) is 19.3 Å². The molecule has 4 heteroatoms. The van der Waals surface area contributed by atoms with E-state index in [0.717, 1.165) is 25.7 Å². The molecule has 100 valence electrons. The molecule has 0 aromatic carbocycles. The lowest BCUT2D eigenvalue weighted by molar-refractivity contribution is -0.135. The highest BCUT2D eigenvalue weighted by molar-refractivity contribution is 5.90. The summed E-state index contributed by atoms with van der Waals surface area (Å²) in [6, 6.07) is 0.192. The van der Waals surface area contributed by atoms with E-state index in [-0.39, 0.29) is 17.9 Å². The van der Waals surface area contributed by atoms with Crippen LogP contribution in [0.3, 0.4) is 0 Å². The quantitative estimate of drug-likeness (QED) is 0.806. The molecule has 3 aliphatic rings. The predicted octanol–water partition coefficient (Wildman–Crippen LogP) is 1.45. The van der Waals surface area contributed by atoms with Crippen LogP contribution in [0.1, 0.15) is 51.4 Å². The van der Waals surface area contributed by atoms with Crippen molar-refractivity contribution in [3.63, 3.8) is 0 Å². The van der Waals surface area contributed by atoms with Gasteiger partial charge in [0.05, 0.1) is 0 Å². The molecule has 1 N–H and O–H groups in total. The average molecular weight is 250 g/mol. The lowest BCUT2D eigenvalue weighted by Crippen LogP contribution is -2.50. The largest absolute Gasteiger partial charge is 0.344 e. The highest BCUT2D eigenvalue weighted by Gasteiger charge is 2.41. The van der Waals surface area contributed by atoms with E-state index in [9.17, 15) is 9.59 Å². The minimum absolute atomic E-state index is 0.0575. The molecule has 0 aromatic heterocycles. The Kier molecular flexibility index (Phi) is 3.27. The summed E-state index contributed by atoms with van der Waals surface area (Å²) >= 11 is 0. The number of carbonyl (C=O) groups excluding carboxylic acids is 2. The first kappa shape index (κ1) is 12.0. The third-order valence-electron chi connectivity index (χ3n) is 4.55. The van der Waals surface area contributed by atoms with Gasteiger partial charge in [-0.15, -0.1) is 0 Å². The molecule has 1 heterocycles. The first-order valence-corrected chi connectivity index (χ1v) is 7.35. The molecule has 4 nitrogen and oxygen atoms in total. The van der Waals surface area contributed by atoms with Gasteiger partial charge in [0.1, 0.15) is 6.04 Å². The van der Waals surface area contributed by atoms with Gasteiger partial charge in [-0.25, -0.2) is 0 Å². The Bertz CT molecular complexity index is 346. The predicted molar refractivity (Wildman–Crippen MR) is 67.9 cm³/mol. The van der Waals surface area contributed by atoms with Crippen LogP contribution in [0.2, 0.25) is 0 Å². The van der Waals surface area contributed by atoms with Gasteiger partial charge in [0.2, 0.25) is 11.8 Å². The maximum atomic E-state index is 12.6. The van der Waals surface area contributed by atoms with Crippen LogP contribution in [0.5, 0.6) is 0 Å². The zero-order chi connectivity index (χ0) is 12.5. The summed E-state index contributed by atoms with van der Waals surface area (Å²) < 4.78 is 0. The summed E-state index contributed by atoms with van der Waals surface area (Å²) in [5.74, 6) is 0.617. The zero-order valence-corrected chi connectivity index (χ0v) is 10.9. The van der Waals surface area contributed by atoms with Crippen molar-refractivity contribution in [2.45, 2.75) is 63.5 Å². The number of nitrogens with one attached hydrogen (secondary N) is 1. The van der Waals surface area contributed by atoms with E-state index in [4.69, 9.17) is 0 Å². The molecule has 1 saturated heterocycles. The van der Waals surface area contributed by atoms with Crippen molar-refractivity contribution >= 4 is 11.8 Å². The van der Waals surface area contributed by atoms with Crippen LogP contribution in [0.4, 0.5) is 0 Å². The fourth-order valence-electron chi connectivity index (χ4n) is 3.35. The minimum atomic E-state index is -0.235. The molecule has 0 aromatic rings.